The van der Waals surface area contributed by atoms with Crippen LogP contribution in [-0.4, -0.2) is 18.1 Å². The van der Waals surface area contributed by atoms with Crippen LogP contribution in [0.25, 0.3) is 21.8 Å². The first-order chi connectivity index (χ1) is 13.3. The minimum atomic E-state index is -0.454. The summed E-state index contributed by atoms with van der Waals surface area (Å²) in [6.07, 6.45) is -0.454. The van der Waals surface area contributed by atoms with Crippen molar-refractivity contribution in [2.45, 2.75) is 6.61 Å². The number of rotatable bonds is 4. The maximum atomic E-state index is 11.4. The number of alkyl carbamates (subject to hydrolysis) is 1. The molecule has 0 atom stereocenters. The Hall–Kier alpha value is -3.60. The van der Waals surface area contributed by atoms with E-state index in [0.717, 1.165) is 38.7 Å². The summed E-state index contributed by atoms with van der Waals surface area (Å²) in [5.74, 6) is 0. The normalized spacial score (nSPS) is 10.7. The zero-order valence-corrected chi connectivity index (χ0v) is 14.9. The van der Waals surface area contributed by atoms with Gasteiger partial charge in [0.1, 0.15) is 6.61 Å². The summed E-state index contributed by atoms with van der Waals surface area (Å²) < 4.78 is 5.23. The molecule has 0 bridgehead atoms. The minimum Gasteiger partial charge on any atom is -0.445 e. The zero-order valence-electron chi connectivity index (χ0n) is 14.9. The SMILES string of the molecule is CNC(=O)OCc1ccccc1Nc1c2ccccc2nc2ccccc12. The van der Waals surface area contributed by atoms with Crippen LogP contribution in [-0.2, 0) is 11.3 Å². The molecule has 0 saturated heterocycles. The van der Waals surface area contributed by atoms with Crippen molar-refractivity contribution in [1.29, 1.82) is 0 Å². The van der Waals surface area contributed by atoms with E-state index in [2.05, 4.69) is 22.8 Å². The molecule has 0 fully saturated rings. The Labute approximate surface area is 157 Å². The fraction of sp³-hybridized carbons (Fsp3) is 0.0909. The summed E-state index contributed by atoms with van der Waals surface area (Å²) in [6, 6.07) is 23.9. The lowest BCUT2D eigenvalue weighted by Crippen LogP contribution is -2.19. The number of aromatic nitrogens is 1. The van der Waals surface area contributed by atoms with Crippen molar-refractivity contribution in [2.75, 3.05) is 12.4 Å². The third kappa shape index (κ3) is 3.40. The molecule has 5 heteroatoms. The van der Waals surface area contributed by atoms with Crippen LogP contribution < -0.4 is 10.6 Å². The van der Waals surface area contributed by atoms with Gasteiger partial charge in [-0.3, -0.25) is 0 Å². The molecule has 1 aromatic heterocycles. The lowest BCUT2D eigenvalue weighted by molar-refractivity contribution is 0.142. The Bertz CT molecular complexity index is 1070. The van der Waals surface area contributed by atoms with Gasteiger partial charge in [-0.25, -0.2) is 9.78 Å². The number of pyridine rings is 1. The second kappa shape index (κ2) is 7.33. The maximum Gasteiger partial charge on any atom is 0.407 e. The van der Waals surface area contributed by atoms with E-state index in [-0.39, 0.29) is 6.61 Å². The smallest absolute Gasteiger partial charge is 0.407 e. The topological polar surface area (TPSA) is 63.2 Å². The van der Waals surface area contributed by atoms with Crippen molar-refractivity contribution in [1.82, 2.24) is 10.3 Å². The van der Waals surface area contributed by atoms with Crippen LogP contribution in [0.5, 0.6) is 0 Å². The number of anilines is 2. The number of nitrogens with one attached hydrogen (secondary N) is 2. The Balaban J connectivity index is 1.80. The molecule has 0 aliphatic heterocycles. The Morgan fingerprint density at radius 2 is 1.48 bits per heavy atom. The highest BCUT2D eigenvalue weighted by Gasteiger charge is 2.11. The van der Waals surface area contributed by atoms with E-state index in [9.17, 15) is 4.79 Å². The van der Waals surface area contributed by atoms with E-state index in [1.54, 1.807) is 7.05 Å². The quantitative estimate of drug-likeness (QED) is 0.505. The first kappa shape index (κ1) is 16.8. The van der Waals surface area contributed by atoms with Crippen molar-refractivity contribution in [3.63, 3.8) is 0 Å². The fourth-order valence-corrected chi connectivity index (χ4v) is 3.09. The molecule has 0 aliphatic carbocycles. The predicted octanol–water partition coefficient (Wildman–Crippen LogP) is 4.99. The standard InChI is InChI=1S/C22H19N3O2/c1-23-22(26)27-14-15-8-2-5-11-18(15)25-21-16-9-3-6-12-19(16)24-20-13-7-4-10-17(20)21/h2-13H,14H2,1H3,(H,23,26)(H,24,25). The van der Waals surface area contributed by atoms with E-state index in [1.807, 2.05) is 60.7 Å². The number of ether oxygens (including phenoxy) is 1. The third-order valence-corrected chi connectivity index (χ3v) is 4.43. The average Bonchev–Trinajstić information content (AvgIpc) is 2.72. The largest absolute Gasteiger partial charge is 0.445 e. The Morgan fingerprint density at radius 1 is 0.889 bits per heavy atom. The molecular weight excluding hydrogens is 338 g/mol. The molecule has 3 aromatic carbocycles. The summed E-state index contributed by atoms with van der Waals surface area (Å²) in [6.45, 7) is 0.184. The van der Waals surface area contributed by atoms with Crippen molar-refractivity contribution in [2.24, 2.45) is 0 Å². The molecule has 0 spiro atoms. The molecule has 1 amide bonds. The van der Waals surface area contributed by atoms with Crippen LogP contribution in [0.15, 0.2) is 72.8 Å². The van der Waals surface area contributed by atoms with Crippen LogP contribution in [0.2, 0.25) is 0 Å². The van der Waals surface area contributed by atoms with Gasteiger partial charge in [-0.15, -0.1) is 0 Å². The van der Waals surface area contributed by atoms with Crippen molar-refractivity contribution in [3.8, 4) is 0 Å². The van der Waals surface area contributed by atoms with Crippen LogP contribution in [0, 0.1) is 0 Å². The van der Waals surface area contributed by atoms with Gasteiger partial charge in [-0.1, -0.05) is 54.6 Å². The lowest BCUT2D eigenvalue weighted by atomic mass is 10.1. The summed E-state index contributed by atoms with van der Waals surface area (Å²) >= 11 is 0. The van der Waals surface area contributed by atoms with Gasteiger partial charge in [-0.2, -0.15) is 0 Å². The van der Waals surface area contributed by atoms with E-state index in [1.165, 1.54) is 0 Å². The van der Waals surface area contributed by atoms with Gasteiger partial charge in [0.25, 0.3) is 0 Å². The summed E-state index contributed by atoms with van der Waals surface area (Å²) in [5.41, 5.74) is 4.63. The number of carbonyl (C=O) groups is 1. The number of carbonyl (C=O) groups excluding carboxylic acids is 1. The van der Waals surface area contributed by atoms with Gasteiger partial charge in [0, 0.05) is 29.1 Å². The second-order valence-corrected chi connectivity index (χ2v) is 6.13. The van der Waals surface area contributed by atoms with E-state index in [4.69, 9.17) is 9.72 Å². The molecule has 27 heavy (non-hydrogen) atoms. The van der Waals surface area contributed by atoms with Gasteiger partial charge in [0.15, 0.2) is 0 Å². The molecule has 4 aromatic rings. The molecular formula is C22H19N3O2. The highest BCUT2D eigenvalue weighted by atomic mass is 16.5. The predicted molar refractivity (Wildman–Crippen MR) is 108 cm³/mol. The lowest BCUT2D eigenvalue weighted by Gasteiger charge is -2.16. The molecule has 4 rings (SSSR count). The highest BCUT2D eigenvalue weighted by Crippen LogP contribution is 2.34. The van der Waals surface area contributed by atoms with Gasteiger partial charge in [-0.05, 0) is 18.2 Å². The third-order valence-electron chi connectivity index (χ3n) is 4.43. The van der Waals surface area contributed by atoms with Gasteiger partial charge < -0.3 is 15.4 Å². The van der Waals surface area contributed by atoms with Crippen LogP contribution in [0.3, 0.4) is 0 Å². The Morgan fingerprint density at radius 3 is 2.15 bits per heavy atom. The van der Waals surface area contributed by atoms with Crippen molar-refractivity contribution in [3.05, 3.63) is 78.4 Å². The number of fused-ring (bicyclic) bond motifs is 2. The van der Waals surface area contributed by atoms with Crippen molar-refractivity contribution >= 4 is 39.3 Å². The van der Waals surface area contributed by atoms with Crippen LogP contribution in [0.1, 0.15) is 5.56 Å². The molecule has 134 valence electrons. The minimum absolute atomic E-state index is 0.184. The number of para-hydroxylation sites is 3. The molecule has 1 heterocycles. The first-order valence-corrected chi connectivity index (χ1v) is 8.73. The van der Waals surface area contributed by atoms with Gasteiger partial charge >= 0.3 is 6.09 Å². The Kier molecular flexibility index (Phi) is 4.58. The fourth-order valence-electron chi connectivity index (χ4n) is 3.09. The number of hydrogen-bond acceptors (Lipinski definition) is 4. The van der Waals surface area contributed by atoms with Crippen molar-refractivity contribution < 1.29 is 9.53 Å². The maximum absolute atomic E-state index is 11.4. The van der Waals surface area contributed by atoms with Crippen LogP contribution in [0.4, 0.5) is 16.2 Å². The van der Waals surface area contributed by atoms with Gasteiger partial charge in [0.2, 0.25) is 0 Å². The molecule has 0 aliphatic rings. The zero-order chi connectivity index (χ0) is 18.6. The molecule has 0 unspecified atom stereocenters. The number of benzene rings is 3. The van der Waals surface area contributed by atoms with E-state index in [0.29, 0.717) is 0 Å². The van der Waals surface area contributed by atoms with E-state index >= 15 is 0 Å². The number of nitrogens with zero attached hydrogens (tertiary/aromatic N) is 1. The van der Waals surface area contributed by atoms with E-state index < -0.39 is 6.09 Å². The van der Waals surface area contributed by atoms with Crippen LogP contribution >= 0.6 is 0 Å². The number of amides is 1. The molecule has 5 nitrogen and oxygen atoms in total. The average molecular weight is 357 g/mol. The summed E-state index contributed by atoms with van der Waals surface area (Å²) in [5, 5.41) is 8.09. The monoisotopic (exact) mass is 357 g/mol. The summed E-state index contributed by atoms with van der Waals surface area (Å²) in [4.78, 5) is 16.2. The summed E-state index contributed by atoms with van der Waals surface area (Å²) in [7, 11) is 1.54. The molecule has 2 N–H and O–H groups in total. The molecule has 0 saturated carbocycles. The number of hydrogen-bond donors (Lipinski definition) is 2. The second-order valence-electron chi connectivity index (χ2n) is 6.13. The highest BCUT2D eigenvalue weighted by molar-refractivity contribution is 6.08. The first-order valence-electron chi connectivity index (χ1n) is 8.73. The molecule has 0 radical (unpaired) electrons. The van der Waals surface area contributed by atoms with Gasteiger partial charge in [0.05, 0.1) is 16.7 Å².